The van der Waals surface area contributed by atoms with Gasteiger partial charge in [0.2, 0.25) is 11.3 Å². The Morgan fingerprint density at radius 3 is 2.61 bits per heavy atom. The summed E-state index contributed by atoms with van der Waals surface area (Å²) in [5, 5.41) is 20.4. The third-order valence-corrected chi connectivity index (χ3v) is 6.71. The molecule has 1 aliphatic heterocycles. The van der Waals surface area contributed by atoms with E-state index in [1.807, 2.05) is 0 Å². The summed E-state index contributed by atoms with van der Waals surface area (Å²) in [7, 11) is 1.32. The molecular formula is C25H28F2N4O7. The van der Waals surface area contributed by atoms with Crippen LogP contribution in [0.3, 0.4) is 0 Å². The summed E-state index contributed by atoms with van der Waals surface area (Å²) >= 11 is 0. The Balaban J connectivity index is 1.69. The SMILES string of the molecule is COc1c(N2CCCC(=C(F)CNC(=O)[C@@H](N)CC(=O)O)C2)c(F)cc2c(=O)c(C(=O)O)cn(C3CC3)c12. The molecule has 1 saturated carbocycles. The number of aromatic carboxylic acids is 1. The minimum atomic E-state index is -1.41. The second-order valence-electron chi connectivity index (χ2n) is 9.41. The number of anilines is 1. The number of pyridine rings is 1. The fraction of sp³-hybridized carbons (Fsp3) is 0.440. The molecule has 2 fully saturated rings. The van der Waals surface area contributed by atoms with Crippen molar-refractivity contribution in [3.63, 3.8) is 0 Å². The number of nitrogens with two attached hydrogens (primary N) is 1. The summed E-state index contributed by atoms with van der Waals surface area (Å²) in [5.74, 6) is -4.89. The van der Waals surface area contributed by atoms with E-state index in [1.54, 1.807) is 9.47 Å². The maximum absolute atomic E-state index is 15.5. The van der Waals surface area contributed by atoms with Gasteiger partial charge in [-0.2, -0.15) is 0 Å². The second-order valence-corrected chi connectivity index (χ2v) is 9.41. The van der Waals surface area contributed by atoms with Gasteiger partial charge in [0.15, 0.2) is 11.6 Å². The molecule has 1 atom stereocenters. The topological polar surface area (TPSA) is 164 Å². The number of halogens is 2. The van der Waals surface area contributed by atoms with Crippen LogP contribution in [0.2, 0.25) is 0 Å². The van der Waals surface area contributed by atoms with Crippen molar-refractivity contribution in [3.8, 4) is 5.75 Å². The lowest BCUT2D eigenvalue weighted by Crippen LogP contribution is -2.42. The quantitative estimate of drug-likeness (QED) is 0.376. The van der Waals surface area contributed by atoms with Crippen LogP contribution in [0.5, 0.6) is 5.75 Å². The van der Waals surface area contributed by atoms with Gasteiger partial charge in [0.05, 0.1) is 37.0 Å². The van der Waals surface area contributed by atoms with E-state index in [2.05, 4.69) is 5.32 Å². The van der Waals surface area contributed by atoms with Crippen LogP contribution < -0.4 is 26.1 Å². The van der Waals surface area contributed by atoms with E-state index in [9.17, 15) is 24.3 Å². The highest BCUT2D eigenvalue weighted by atomic mass is 19.1. The van der Waals surface area contributed by atoms with E-state index >= 15 is 8.78 Å². The van der Waals surface area contributed by atoms with E-state index in [0.29, 0.717) is 25.0 Å². The maximum atomic E-state index is 15.5. The standard InChI is InChI=1S/C25H28F2N4O7/c1-38-23-20-14(22(34)15(25(36)37)11-31(20)13-4-5-13)7-16(26)21(23)30-6-2-3-12(10-30)17(27)9-29-24(35)18(28)8-19(32)33/h7,11,13,18H,2-6,8-10,28H2,1H3,(H,29,35)(H,32,33)(H,36,37)/t18-/m0/s1. The van der Waals surface area contributed by atoms with Crippen molar-refractivity contribution in [3.05, 3.63) is 45.3 Å². The number of fused-ring (bicyclic) bond motifs is 1. The van der Waals surface area contributed by atoms with Crippen LogP contribution in [-0.2, 0) is 9.59 Å². The predicted octanol–water partition coefficient (Wildman–Crippen LogP) is 1.92. The Hall–Kier alpha value is -4.00. The van der Waals surface area contributed by atoms with Crippen LogP contribution in [0.4, 0.5) is 14.5 Å². The largest absolute Gasteiger partial charge is 0.492 e. The Morgan fingerprint density at radius 2 is 2.00 bits per heavy atom. The van der Waals surface area contributed by atoms with Gasteiger partial charge in [-0.05, 0) is 37.3 Å². The first kappa shape index (κ1) is 27.0. The van der Waals surface area contributed by atoms with Crippen LogP contribution in [0.15, 0.2) is 28.5 Å². The number of hydrogen-bond acceptors (Lipinski definition) is 7. The number of ether oxygens (including phenoxy) is 1. The van der Waals surface area contributed by atoms with Crippen molar-refractivity contribution in [1.82, 2.24) is 9.88 Å². The van der Waals surface area contributed by atoms with Gasteiger partial charge in [0.1, 0.15) is 17.1 Å². The fourth-order valence-electron chi connectivity index (χ4n) is 4.71. The van der Waals surface area contributed by atoms with Crippen molar-refractivity contribution in [2.24, 2.45) is 5.73 Å². The lowest BCUT2D eigenvalue weighted by atomic mass is 10.0. The second kappa shape index (κ2) is 10.8. The highest BCUT2D eigenvalue weighted by Gasteiger charge is 2.32. The number of rotatable bonds is 9. The maximum Gasteiger partial charge on any atom is 0.341 e. The normalized spacial score (nSPS) is 17.7. The first-order valence-electron chi connectivity index (χ1n) is 12.1. The van der Waals surface area contributed by atoms with Gasteiger partial charge in [0, 0.05) is 25.3 Å². The molecule has 13 heteroatoms. The van der Waals surface area contributed by atoms with Gasteiger partial charge in [-0.25, -0.2) is 13.6 Å². The zero-order valence-corrected chi connectivity index (χ0v) is 20.6. The number of piperidine rings is 1. The number of nitrogens with zero attached hydrogens (tertiary/aromatic N) is 2. The molecule has 2 heterocycles. The van der Waals surface area contributed by atoms with Crippen molar-refractivity contribution in [1.29, 1.82) is 0 Å². The molecule has 1 aliphatic carbocycles. The number of methoxy groups -OCH3 is 1. The molecule has 204 valence electrons. The zero-order valence-electron chi connectivity index (χ0n) is 20.6. The lowest BCUT2D eigenvalue weighted by molar-refractivity contribution is -0.139. The van der Waals surface area contributed by atoms with Gasteiger partial charge < -0.3 is 35.5 Å². The van der Waals surface area contributed by atoms with E-state index < -0.39 is 59.5 Å². The summed E-state index contributed by atoms with van der Waals surface area (Å²) in [5.41, 5.74) is 4.82. The summed E-state index contributed by atoms with van der Waals surface area (Å²) < 4.78 is 37.8. The van der Waals surface area contributed by atoms with Crippen molar-refractivity contribution in [2.45, 2.75) is 44.2 Å². The zero-order chi connectivity index (χ0) is 27.7. The molecule has 0 spiro atoms. The van der Waals surface area contributed by atoms with Crippen LogP contribution in [0.25, 0.3) is 10.9 Å². The molecule has 2 aliphatic rings. The number of carbonyl (C=O) groups excluding carboxylic acids is 1. The van der Waals surface area contributed by atoms with Gasteiger partial charge in [0.25, 0.3) is 0 Å². The highest BCUT2D eigenvalue weighted by molar-refractivity contribution is 5.97. The molecule has 1 saturated heterocycles. The first-order valence-corrected chi connectivity index (χ1v) is 12.1. The molecule has 5 N–H and O–H groups in total. The minimum absolute atomic E-state index is 0.0226. The number of nitrogens with one attached hydrogen (secondary N) is 1. The van der Waals surface area contributed by atoms with Gasteiger partial charge in [-0.1, -0.05) is 0 Å². The summed E-state index contributed by atoms with van der Waals surface area (Å²) in [4.78, 5) is 48.8. The van der Waals surface area contributed by atoms with Gasteiger partial charge >= 0.3 is 11.9 Å². The van der Waals surface area contributed by atoms with Gasteiger partial charge in [-0.15, -0.1) is 0 Å². The number of carbonyl (C=O) groups is 3. The van der Waals surface area contributed by atoms with E-state index in [4.69, 9.17) is 15.6 Å². The van der Waals surface area contributed by atoms with Crippen molar-refractivity contribution in [2.75, 3.05) is 31.6 Å². The molecule has 1 aromatic heterocycles. The van der Waals surface area contributed by atoms with Crippen LogP contribution in [0.1, 0.15) is 48.5 Å². The Labute approximate surface area is 215 Å². The number of hydrogen-bond donors (Lipinski definition) is 4. The third kappa shape index (κ3) is 5.32. The minimum Gasteiger partial charge on any atom is -0.492 e. The van der Waals surface area contributed by atoms with Gasteiger partial charge in [-0.3, -0.25) is 14.4 Å². The molecule has 1 aromatic carbocycles. The number of aromatic nitrogens is 1. The molecule has 0 bridgehead atoms. The van der Waals surface area contributed by atoms with Crippen LogP contribution in [0, 0.1) is 5.82 Å². The molecular weight excluding hydrogens is 506 g/mol. The number of aliphatic carboxylic acids is 1. The van der Waals surface area contributed by atoms with E-state index in [0.717, 1.165) is 18.9 Å². The Morgan fingerprint density at radius 1 is 1.29 bits per heavy atom. The van der Waals surface area contributed by atoms with Crippen LogP contribution in [-0.4, -0.2) is 65.4 Å². The van der Waals surface area contributed by atoms with Crippen molar-refractivity contribution >= 4 is 34.4 Å². The van der Waals surface area contributed by atoms with E-state index in [1.165, 1.54) is 13.3 Å². The molecule has 0 radical (unpaired) electrons. The first-order chi connectivity index (χ1) is 18.0. The summed E-state index contributed by atoms with van der Waals surface area (Å²) in [6.07, 6.45) is 2.99. The lowest BCUT2D eigenvalue weighted by Gasteiger charge is -2.33. The summed E-state index contributed by atoms with van der Waals surface area (Å²) in [6, 6.07) is -0.386. The highest BCUT2D eigenvalue weighted by Crippen LogP contribution is 2.44. The molecule has 1 amide bonds. The molecule has 0 unspecified atom stereocenters. The average molecular weight is 535 g/mol. The van der Waals surface area contributed by atoms with Crippen LogP contribution >= 0.6 is 0 Å². The molecule has 11 nitrogen and oxygen atoms in total. The molecule has 4 rings (SSSR count). The fourth-order valence-corrected chi connectivity index (χ4v) is 4.71. The number of benzene rings is 1. The number of carboxylic acids is 2. The monoisotopic (exact) mass is 534 g/mol. The van der Waals surface area contributed by atoms with Crippen molar-refractivity contribution < 1.29 is 38.1 Å². The Bertz CT molecular complexity index is 1400. The Kier molecular flexibility index (Phi) is 7.67. The smallest absolute Gasteiger partial charge is 0.341 e. The average Bonchev–Trinajstić information content (AvgIpc) is 3.71. The summed E-state index contributed by atoms with van der Waals surface area (Å²) in [6.45, 7) is -0.166. The molecule has 38 heavy (non-hydrogen) atoms. The number of carboxylic acid groups (broad SMARTS) is 2. The number of amides is 1. The molecule has 2 aromatic rings. The van der Waals surface area contributed by atoms with E-state index in [-0.39, 0.29) is 34.9 Å². The third-order valence-electron chi connectivity index (χ3n) is 6.71. The predicted molar refractivity (Wildman–Crippen MR) is 133 cm³/mol.